The molecule has 2 aromatic carbocycles. The minimum atomic E-state index is -0.0403. The minimum Gasteiger partial charge on any atom is -0.352 e. The van der Waals surface area contributed by atoms with Crippen molar-refractivity contribution in [2.45, 2.75) is 18.6 Å². The van der Waals surface area contributed by atoms with Gasteiger partial charge in [0.2, 0.25) is 0 Å². The fraction of sp³-hybridized carbons (Fsp3) is 0.120. The average molecular weight is 489 g/mol. The van der Waals surface area contributed by atoms with E-state index >= 15 is 0 Å². The second-order valence-corrected chi connectivity index (χ2v) is 8.82. The van der Waals surface area contributed by atoms with Crippen LogP contribution in [0.25, 0.3) is 5.69 Å². The van der Waals surface area contributed by atoms with E-state index in [0.717, 1.165) is 27.5 Å². The van der Waals surface area contributed by atoms with Crippen molar-refractivity contribution in [2.24, 2.45) is 0 Å². The van der Waals surface area contributed by atoms with Crippen molar-refractivity contribution in [3.8, 4) is 5.69 Å². The Morgan fingerprint density at radius 2 is 1.68 bits per heavy atom. The Labute approximate surface area is 195 Å². The number of hydrogen-bond donors (Lipinski definition) is 1. The molecule has 0 bridgehead atoms. The lowest BCUT2D eigenvalue weighted by molar-refractivity contribution is 0.302. The van der Waals surface area contributed by atoms with E-state index in [0.29, 0.717) is 0 Å². The molecule has 3 heterocycles. The Hall–Kier alpha value is -2.96. The lowest BCUT2D eigenvalue weighted by Gasteiger charge is -2.29. The SMILES string of the molecule is S=C1N[C@H](c2ccccn2)[C@H](c2cccn2-c2ccc(Br)cc2)N1Cc1ccccc1. The van der Waals surface area contributed by atoms with Gasteiger partial charge in [-0.3, -0.25) is 4.98 Å². The molecule has 2 aromatic heterocycles. The van der Waals surface area contributed by atoms with Gasteiger partial charge < -0.3 is 14.8 Å². The highest BCUT2D eigenvalue weighted by Gasteiger charge is 2.41. The fourth-order valence-corrected chi connectivity index (χ4v) is 4.72. The van der Waals surface area contributed by atoms with E-state index < -0.39 is 0 Å². The van der Waals surface area contributed by atoms with E-state index in [1.54, 1.807) is 0 Å². The maximum Gasteiger partial charge on any atom is 0.170 e. The van der Waals surface area contributed by atoms with Crippen LogP contribution in [0.1, 0.15) is 29.0 Å². The van der Waals surface area contributed by atoms with Gasteiger partial charge >= 0.3 is 0 Å². The molecule has 0 aliphatic carbocycles. The van der Waals surface area contributed by atoms with Crippen LogP contribution in [0, 0.1) is 0 Å². The number of pyridine rings is 1. The summed E-state index contributed by atoms with van der Waals surface area (Å²) in [6.45, 7) is 0.728. The summed E-state index contributed by atoms with van der Waals surface area (Å²) in [4.78, 5) is 6.92. The standard InChI is InChI=1S/C25H21BrN4S/c26-19-11-13-20(14-12-19)29-16-6-10-22(29)24-23(21-9-4-5-15-27-21)28-25(31)30(24)17-18-7-2-1-3-8-18/h1-16,23-24H,17H2,(H,28,31)/t23-,24+/m1/s1. The maximum absolute atomic E-state index is 5.82. The number of nitrogens with one attached hydrogen (secondary N) is 1. The van der Waals surface area contributed by atoms with Gasteiger partial charge in [-0.1, -0.05) is 52.3 Å². The lowest BCUT2D eigenvalue weighted by Crippen LogP contribution is -2.30. The summed E-state index contributed by atoms with van der Waals surface area (Å²) in [5, 5.41) is 4.28. The summed E-state index contributed by atoms with van der Waals surface area (Å²) in [5.41, 5.74) is 4.48. The largest absolute Gasteiger partial charge is 0.352 e. The third kappa shape index (κ3) is 4.01. The van der Waals surface area contributed by atoms with Crippen molar-refractivity contribution in [1.29, 1.82) is 0 Å². The molecule has 154 valence electrons. The molecule has 0 amide bonds. The third-order valence-electron chi connectivity index (χ3n) is 5.58. The number of hydrogen-bond acceptors (Lipinski definition) is 2. The van der Waals surface area contributed by atoms with Gasteiger partial charge in [-0.2, -0.15) is 0 Å². The number of thiocarbonyl (C=S) groups is 1. The second kappa shape index (κ2) is 8.65. The first-order valence-electron chi connectivity index (χ1n) is 10.2. The maximum atomic E-state index is 5.82. The number of halogens is 1. The van der Waals surface area contributed by atoms with Crippen LogP contribution in [-0.2, 0) is 6.54 Å². The molecule has 0 unspecified atom stereocenters. The highest BCUT2D eigenvalue weighted by atomic mass is 79.9. The minimum absolute atomic E-state index is 0.00116. The quantitative estimate of drug-likeness (QED) is 0.359. The first-order valence-corrected chi connectivity index (χ1v) is 11.4. The van der Waals surface area contributed by atoms with Gasteiger partial charge in [0, 0.05) is 34.8 Å². The molecule has 2 atom stereocenters. The highest BCUT2D eigenvalue weighted by Crippen LogP contribution is 2.40. The molecule has 4 nitrogen and oxygen atoms in total. The summed E-state index contributed by atoms with van der Waals surface area (Å²) < 4.78 is 3.30. The molecule has 1 N–H and O–H groups in total. The van der Waals surface area contributed by atoms with Gasteiger partial charge in [0.05, 0.1) is 17.8 Å². The molecule has 1 aliphatic heterocycles. The Bertz CT molecular complexity index is 1180. The van der Waals surface area contributed by atoms with Crippen LogP contribution in [0.15, 0.2) is 102 Å². The van der Waals surface area contributed by atoms with Crippen molar-refractivity contribution in [3.05, 3.63) is 119 Å². The number of rotatable bonds is 5. The Morgan fingerprint density at radius 1 is 0.903 bits per heavy atom. The summed E-state index contributed by atoms with van der Waals surface area (Å²) in [7, 11) is 0. The molecule has 0 saturated carbocycles. The summed E-state index contributed by atoms with van der Waals surface area (Å²) in [6, 6.07) is 29.1. The van der Waals surface area contributed by atoms with Crippen molar-refractivity contribution in [3.63, 3.8) is 0 Å². The Kier molecular flexibility index (Phi) is 5.57. The normalized spacial score (nSPS) is 18.2. The molecule has 31 heavy (non-hydrogen) atoms. The van der Waals surface area contributed by atoms with E-state index in [2.05, 4.69) is 109 Å². The van der Waals surface area contributed by atoms with E-state index in [-0.39, 0.29) is 12.1 Å². The van der Waals surface area contributed by atoms with Crippen molar-refractivity contribution < 1.29 is 0 Å². The van der Waals surface area contributed by atoms with Crippen LogP contribution in [0.3, 0.4) is 0 Å². The van der Waals surface area contributed by atoms with Crippen LogP contribution in [0.4, 0.5) is 0 Å². The van der Waals surface area contributed by atoms with Crippen LogP contribution >= 0.6 is 28.1 Å². The molecule has 0 radical (unpaired) electrons. The molecule has 4 aromatic rings. The average Bonchev–Trinajstić information content (AvgIpc) is 3.40. The van der Waals surface area contributed by atoms with Gasteiger partial charge in [-0.15, -0.1) is 0 Å². The van der Waals surface area contributed by atoms with E-state index in [9.17, 15) is 0 Å². The Balaban J connectivity index is 1.60. The van der Waals surface area contributed by atoms with Crippen molar-refractivity contribution in [2.75, 3.05) is 0 Å². The topological polar surface area (TPSA) is 33.1 Å². The first-order chi connectivity index (χ1) is 15.2. The highest BCUT2D eigenvalue weighted by molar-refractivity contribution is 9.10. The molecule has 0 spiro atoms. The number of aromatic nitrogens is 2. The van der Waals surface area contributed by atoms with Gasteiger partial charge in [0.25, 0.3) is 0 Å². The van der Waals surface area contributed by atoms with E-state index in [4.69, 9.17) is 12.2 Å². The molecule has 1 fully saturated rings. The summed E-state index contributed by atoms with van der Waals surface area (Å²) >= 11 is 9.35. The van der Waals surface area contributed by atoms with Crippen molar-refractivity contribution in [1.82, 2.24) is 19.8 Å². The van der Waals surface area contributed by atoms with Crippen LogP contribution in [-0.4, -0.2) is 19.6 Å². The van der Waals surface area contributed by atoms with Crippen LogP contribution in [0.5, 0.6) is 0 Å². The third-order valence-corrected chi connectivity index (χ3v) is 6.46. The van der Waals surface area contributed by atoms with Crippen molar-refractivity contribution >= 4 is 33.3 Å². The van der Waals surface area contributed by atoms with Gasteiger partial charge in [0.1, 0.15) is 0 Å². The molecule has 5 rings (SSSR count). The number of nitrogens with zero attached hydrogens (tertiary/aromatic N) is 3. The molecular formula is C25H21BrN4S. The smallest absolute Gasteiger partial charge is 0.170 e. The summed E-state index contributed by atoms with van der Waals surface area (Å²) in [5.74, 6) is 0. The molecule has 6 heteroatoms. The zero-order valence-electron chi connectivity index (χ0n) is 16.7. The lowest BCUT2D eigenvalue weighted by atomic mass is 10.0. The van der Waals surface area contributed by atoms with Gasteiger partial charge in [-0.05, 0) is 66.3 Å². The second-order valence-electron chi connectivity index (χ2n) is 7.52. The first kappa shape index (κ1) is 20.0. The van der Waals surface area contributed by atoms with Gasteiger partial charge in [-0.25, -0.2) is 0 Å². The predicted octanol–water partition coefficient (Wildman–Crippen LogP) is 5.81. The predicted molar refractivity (Wildman–Crippen MR) is 131 cm³/mol. The summed E-state index contributed by atoms with van der Waals surface area (Å²) in [6.07, 6.45) is 3.95. The Morgan fingerprint density at radius 3 is 2.42 bits per heavy atom. The van der Waals surface area contributed by atoms with Gasteiger partial charge in [0.15, 0.2) is 5.11 Å². The van der Waals surface area contributed by atoms with E-state index in [1.165, 1.54) is 11.3 Å². The number of benzene rings is 2. The fourth-order valence-electron chi connectivity index (χ4n) is 4.15. The molecular weight excluding hydrogens is 468 g/mol. The van der Waals surface area contributed by atoms with E-state index in [1.807, 2.05) is 24.4 Å². The molecule has 1 saturated heterocycles. The monoisotopic (exact) mass is 488 g/mol. The zero-order chi connectivity index (χ0) is 21.2. The van der Waals surface area contributed by atoms with Crippen LogP contribution in [0.2, 0.25) is 0 Å². The van der Waals surface area contributed by atoms with Crippen LogP contribution < -0.4 is 5.32 Å². The molecule has 1 aliphatic rings. The zero-order valence-corrected chi connectivity index (χ0v) is 19.1.